The molecule has 0 fully saturated rings. The quantitative estimate of drug-likeness (QED) is 0.295. The molecule has 4 aromatic carbocycles. The van der Waals surface area contributed by atoms with Crippen LogP contribution in [0, 0.1) is 13.8 Å². The highest BCUT2D eigenvalue weighted by Gasteiger charge is 2.17. The van der Waals surface area contributed by atoms with Gasteiger partial charge in [0.2, 0.25) is 0 Å². The van der Waals surface area contributed by atoms with Crippen molar-refractivity contribution in [3.8, 4) is 16.9 Å². The number of hydrogen-bond acceptors (Lipinski definition) is 2. The predicted octanol–water partition coefficient (Wildman–Crippen LogP) is 7.96. The molecule has 0 aliphatic carbocycles. The standard InChI is InChI=1S/C31H32O3/c1-20(24-12-8-13-26(19-24)34-4)9-7-10-23-17-25-11-5-6-14-28(25)29(18-23)27-16-15-21(2)30(22(27)3)31(32)33/h5-6,8,11-20H,7,9-10H2,1-4H3,(H,32,33)/t20-/m0/s1. The molecule has 0 spiro atoms. The minimum absolute atomic E-state index is 0.402. The van der Waals surface area contributed by atoms with Crippen LogP contribution in [-0.4, -0.2) is 18.2 Å². The van der Waals surface area contributed by atoms with Crippen molar-refractivity contribution in [2.45, 2.75) is 46.0 Å². The van der Waals surface area contributed by atoms with Crippen molar-refractivity contribution in [1.29, 1.82) is 0 Å². The number of benzene rings is 4. The number of fused-ring (bicyclic) bond motifs is 1. The maximum absolute atomic E-state index is 11.9. The van der Waals surface area contributed by atoms with Crippen molar-refractivity contribution < 1.29 is 14.6 Å². The van der Waals surface area contributed by atoms with Gasteiger partial charge in [0.15, 0.2) is 0 Å². The summed E-state index contributed by atoms with van der Waals surface area (Å²) >= 11 is 0. The zero-order chi connectivity index (χ0) is 24.2. The maximum Gasteiger partial charge on any atom is 0.336 e. The number of aromatic carboxylic acids is 1. The molecule has 1 atom stereocenters. The Kier molecular flexibility index (Phi) is 7.02. The second-order valence-corrected chi connectivity index (χ2v) is 9.17. The lowest BCUT2D eigenvalue weighted by Crippen LogP contribution is -2.04. The van der Waals surface area contributed by atoms with Crippen molar-refractivity contribution in [2.24, 2.45) is 0 Å². The van der Waals surface area contributed by atoms with Gasteiger partial charge >= 0.3 is 5.97 Å². The lowest BCUT2D eigenvalue weighted by atomic mass is 9.88. The van der Waals surface area contributed by atoms with Gasteiger partial charge in [-0.15, -0.1) is 0 Å². The Morgan fingerprint density at radius 2 is 1.74 bits per heavy atom. The summed E-state index contributed by atoms with van der Waals surface area (Å²) in [6, 6.07) is 25.2. The van der Waals surface area contributed by atoms with Crippen LogP contribution < -0.4 is 4.74 Å². The summed E-state index contributed by atoms with van der Waals surface area (Å²) in [4.78, 5) is 11.9. The van der Waals surface area contributed by atoms with Gasteiger partial charge in [-0.25, -0.2) is 4.79 Å². The van der Waals surface area contributed by atoms with Crippen LogP contribution in [0.5, 0.6) is 5.75 Å². The van der Waals surface area contributed by atoms with E-state index < -0.39 is 5.97 Å². The van der Waals surface area contributed by atoms with Gasteiger partial charge in [-0.3, -0.25) is 0 Å². The minimum Gasteiger partial charge on any atom is -0.497 e. The topological polar surface area (TPSA) is 46.5 Å². The molecule has 0 amide bonds. The highest BCUT2D eigenvalue weighted by molar-refractivity contribution is 6.00. The van der Waals surface area contributed by atoms with Gasteiger partial charge in [0.1, 0.15) is 5.75 Å². The summed E-state index contributed by atoms with van der Waals surface area (Å²) in [5.41, 5.74) is 6.69. The molecular weight excluding hydrogens is 420 g/mol. The average molecular weight is 453 g/mol. The number of rotatable bonds is 8. The summed E-state index contributed by atoms with van der Waals surface area (Å²) in [7, 11) is 1.70. The van der Waals surface area contributed by atoms with E-state index in [0.29, 0.717) is 11.5 Å². The Hall–Kier alpha value is -3.59. The first kappa shape index (κ1) is 23.6. The zero-order valence-corrected chi connectivity index (χ0v) is 20.4. The summed E-state index contributed by atoms with van der Waals surface area (Å²) in [5, 5.41) is 12.1. The number of ether oxygens (including phenoxy) is 1. The third kappa shape index (κ3) is 4.84. The predicted molar refractivity (Wildman–Crippen MR) is 140 cm³/mol. The van der Waals surface area contributed by atoms with Gasteiger partial charge in [0.25, 0.3) is 0 Å². The summed E-state index contributed by atoms with van der Waals surface area (Å²) in [5.74, 6) is 0.481. The van der Waals surface area contributed by atoms with Crippen LogP contribution in [0.2, 0.25) is 0 Å². The smallest absolute Gasteiger partial charge is 0.336 e. The normalized spacial score (nSPS) is 12.0. The Morgan fingerprint density at radius 1 is 0.941 bits per heavy atom. The van der Waals surface area contributed by atoms with Gasteiger partial charge in [-0.2, -0.15) is 0 Å². The maximum atomic E-state index is 11.9. The zero-order valence-electron chi connectivity index (χ0n) is 20.4. The Labute approximate surface area is 202 Å². The molecule has 0 unspecified atom stereocenters. The highest BCUT2D eigenvalue weighted by Crippen LogP contribution is 2.35. The van der Waals surface area contributed by atoms with E-state index in [-0.39, 0.29) is 0 Å². The lowest BCUT2D eigenvalue weighted by molar-refractivity contribution is 0.0695. The third-order valence-electron chi connectivity index (χ3n) is 6.86. The van der Waals surface area contributed by atoms with Gasteiger partial charge in [-0.1, -0.05) is 67.6 Å². The molecule has 0 aliphatic heterocycles. The second kappa shape index (κ2) is 10.1. The van der Waals surface area contributed by atoms with E-state index in [9.17, 15) is 9.90 Å². The molecule has 3 nitrogen and oxygen atoms in total. The molecule has 0 saturated heterocycles. The van der Waals surface area contributed by atoms with E-state index in [0.717, 1.165) is 52.7 Å². The van der Waals surface area contributed by atoms with E-state index in [1.54, 1.807) is 7.11 Å². The van der Waals surface area contributed by atoms with E-state index in [2.05, 4.69) is 61.5 Å². The first-order valence-electron chi connectivity index (χ1n) is 11.9. The minimum atomic E-state index is -0.871. The van der Waals surface area contributed by atoms with Crippen LogP contribution in [0.3, 0.4) is 0 Å². The van der Waals surface area contributed by atoms with Crippen molar-refractivity contribution >= 4 is 16.7 Å². The van der Waals surface area contributed by atoms with Crippen molar-refractivity contribution in [2.75, 3.05) is 7.11 Å². The molecule has 0 aromatic heterocycles. The van der Waals surface area contributed by atoms with Crippen LogP contribution in [0.1, 0.15) is 58.3 Å². The number of carboxylic acid groups (broad SMARTS) is 1. The van der Waals surface area contributed by atoms with Crippen LogP contribution in [-0.2, 0) is 6.42 Å². The van der Waals surface area contributed by atoms with Gasteiger partial charge in [-0.05, 0) is 95.3 Å². The SMILES string of the molecule is COc1cccc([C@@H](C)CCCc2cc(-c3ccc(C)c(C(=O)O)c3C)c3ccccc3c2)c1. The molecule has 0 radical (unpaired) electrons. The molecule has 34 heavy (non-hydrogen) atoms. The van der Waals surface area contributed by atoms with E-state index in [1.807, 2.05) is 32.0 Å². The van der Waals surface area contributed by atoms with Crippen LogP contribution in [0.25, 0.3) is 21.9 Å². The van der Waals surface area contributed by atoms with Crippen LogP contribution >= 0.6 is 0 Å². The first-order valence-corrected chi connectivity index (χ1v) is 11.9. The summed E-state index contributed by atoms with van der Waals surface area (Å²) in [6.07, 6.45) is 3.13. The third-order valence-corrected chi connectivity index (χ3v) is 6.86. The highest BCUT2D eigenvalue weighted by atomic mass is 16.5. The Bertz CT molecular complexity index is 1340. The average Bonchev–Trinajstić information content (AvgIpc) is 2.83. The number of hydrogen-bond donors (Lipinski definition) is 1. The largest absolute Gasteiger partial charge is 0.497 e. The van der Waals surface area contributed by atoms with E-state index in [1.165, 1.54) is 16.5 Å². The molecule has 0 saturated carbocycles. The van der Waals surface area contributed by atoms with Gasteiger partial charge < -0.3 is 9.84 Å². The lowest BCUT2D eigenvalue weighted by Gasteiger charge is -2.16. The van der Waals surface area contributed by atoms with E-state index >= 15 is 0 Å². The van der Waals surface area contributed by atoms with Crippen LogP contribution in [0.15, 0.2) is 72.8 Å². The Morgan fingerprint density at radius 3 is 2.50 bits per heavy atom. The number of carboxylic acids is 1. The molecule has 4 aromatic rings. The number of carbonyl (C=O) groups is 1. The number of aryl methyl sites for hydroxylation is 2. The molecule has 4 rings (SSSR count). The van der Waals surface area contributed by atoms with E-state index in [4.69, 9.17) is 4.74 Å². The van der Waals surface area contributed by atoms with Crippen molar-refractivity contribution in [3.05, 3.63) is 101 Å². The second-order valence-electron chi connectivity index (χ2n) is 9.17. The fraction of sp³-hybridized carbons (Fsp3) is 0.258. The molecular formula is C31H32O3. The molecule has 0 bridgehead atoms. The van der Waals surface area contributed by atoms with Gasteiger partial charge in [0, 0.05) is 0 Å². The molecule has 0 heterocycles. The summed E-state index contributed by atoms with van der Waals surface area (Å²) in [6.45, 7) is 6.05. The van der Waals surface area contributed by atoms with Crippen molar-refractivity contribution in [3.63, 3.8) is 0 Å². The van der Waals surface area contributed by atoms with Crippen LogP contribution in [0.4, 0.5) is 0 Å². The first-order chi connectivity index (χ1) is 16.4. The van der Waals surface area contributed by atoms with Crippen molar-refractivity contribution in [1.82, 2.24) is 0 Å². The van der Waals surface area contributed by atoms with Gasteiger partial charge in [0.05, 0.1) is 12.7 Å². The molecule has 174 valence electrons. The molecule has 3 heteroatoms. The molecule has 1 N–H and O–H groups in total. The fourth-order valence-electron chi connectivity index (χ4n) is 4.93. The number of methoxy groups -OCH3 is 1. The Balaban J connectivity index is 1.63. The fourth-order valence-corrected chi connectivity index (χ4v) is 4.93. The monoisotopic (exact) mass is 452 g/mol. The summed E-state index contributed by atoms with van der Waals surface area (Å²) < 4.78 is 5.38. The molecule has 0 aliphatic rings.